The lowest BCUT2D eigenvalue weighted by Crippen LogP contribution is -2.31. The molecule has 1 aliphatic heterocycles. The van der Waals surface area contributed by atoms with Crippen LogP contribution in [0.5, 0.6) is 0 Å². The second-order valence-electron chi connectivity index (χ2n) is 5.06. The molecule has 0 unspecified atom stereocenters. The molecule has 2 rings (SSSR count). The molecular weight excluding hydrogens is 240 g/mol. The van der Waals surface area contributed by atoms with Gasteiger partial charge in [-0.2, -0.15) is 0 Å². The van der Waals surface area contributed by atoms with Crippen molar-refractivity contribution in [2.24, 2.45) is 0 Å². The van der Waals surface area contributed by atoms with Gasteiger partial charge in [0.05, 0.1) is 0 Å². The van der Waals surface area contributed by atoms with E-state index in [-0.39, 0.29) is 18.2 Å². The van der Waals surface area contributed by atoms with E-state index in [1.165, 1.54) is 0 Å². The molecule has 1 aromatic rings. The number of likely N-dealkylation sites (tertiary alicyclic amines) is 1. The van der Waals surface area contributed by atoms with Gasteiger partial charge >= 0.3 is 0 Å². The lowest BCUT2D eigenvalue weighted by Gasteiger charge is -2.15. The summed E-state index contributed by atoms with van der Waals surface area (Å²) in [6.07, 6.45) is 2.03. The van der Waals surface area contributed by atoms with E-state index >= 15 is 0 Å². The van der Waals surface area contributed by atoms with Crippen LogP contribution in [0, 0.1) is 13.8 Å². The van der Waals surface area contributed by atoms with E-state index in [4.69, 9.17) is 0 Å². The predicted octanol–water partition coefficient (Wildman–Crippen LogP) is 2.25. The van der Waals surface area contributed by atoms with Crippen LogP contribution in [0.3, 0.4) is 0 Å². The Kier molecular flexibility index (Phi) is 4.20. The van der Waals surface area contributed by atoms with Crippen LogP contribution in [0.25, 0.3) is 0 Å². The molecule has 1 N–H and O–H groups in total. The monoisotopic (exact) mass is 260 g/mol. The highest BCUT2D eigenvalue weighted by molar-refractivity contribution is 6.03. The Morgan fingerprint density at radius 2 is 1.89 bits per heavy atom. The lowest BCUT2D eigenvalue weighted by atomic mass is 10.1. The fourth-order valence-corrected chi connectivity index (χ4v) is 2.30. The van der Waals surface area contributed by atoms with Gasteiger partial charge < -0.3 is 10.2 Å². The van der Waals surface area contributed by atoms with Gasteiger partial charge in [-0.15, -0.1) is 0 Å². The third-order valence-electron chi connectivity index (χ3n) is 3.65. The molecule has 0 aliphatic carbocycles. The number of amides is 2. The summed E-state index contributed by atoms with van der Waals surface area (Å²) in [7, 11) is 0. The van der Waals surface area contributed by atoms with E-state index in [9.17, 15) is 9.59 Å². The number of carbonyl (C=O) groups excluding carboxylic acids is 2. The maximum absolute atomic E-state index is 11.9. The minimum atomic E-state index is -0.231. The highest BCUT2D eigenvalue weighted by Crippen LogP contribution is 2.18. The Hall–Kier alpha value is -1.84. The number of hydrogen-bond donors (Lipinski definition) is 1. The molecule has 0 aromatic heterocycles. The molecular formula is C15H20N2O2. The first kappa shape index (κ1) is 13.6. The molecule has 2 amide bonds. The van der Waals surface area contributed by atoms with Gasteiger partial charge in [0, 0.05) is 18.8 Å². The van der Waals surface area contributed by atoms with E-state index in [0.29, 0.717) is 0 Å². The van der Waals surface area contributed by atoms with E-state index in [1.54, 1.807) is 4.90 Å². The molecule has 4 heteroatoms. The SMILES string of the molecule is Cc1cccc(NC(=O)CC(=O)N2CCCC2)c1C. The Balaban J connectivity index is 1.93. The van der Waals surface area contributed by atoms with Gasteiger partial charge in [-0.25, -0.2) is 0 Å². The standard InChI is InChI=1S/C15H20N2O2/c1-11-6-5-7-13(12(11)2)16-14(18)10-15(19)17-8-3-4-9-17/h5-7H,3-4,8-10H2,1-2H3,(H,16,18). The zero-order valence-corrected chi connectivity index (χ0v) is 11.5. The molecule has 4 nitrogen and oxygen atoms in total. The van der Waals surface area contributed by atoms with Gasteiger partial charge in [0.2, 0.25) is 11.8 Å². The van der Waals surface area contributed by atoms with E-state index < -0.39 is 0 Å². The van der Waals surface area contributed by atoms with Crippen LogP contribution in [0.15, 0.2) is 18.2 Å². The van der Waals surface area contributed by atoms with E-state index in [0.717, 1.165) is 42.7 Å². The third-order valence-corrected chi connectivity index (χ3v) is 3.65. The summed E-state index contributed by atoms with van der Waals surface area (Å²) in [6, 6.07) is 5.77. The Morgan fingerprint density at radius 3 is 2.58 bits per heavy atom. The van der Waals surface area contributed by atoms with Gasteiger partial charge in [0.15, 0.2) is 0 Å². The predicted molar refractivity (Wildman–Crippen MR) is 75.0 cm³/mol. The first-order valence-electron chi connectivity index (χ1n) is 6.72. The lowest BCUT2D eigenvalue weighted by molar-refractivity contribution is -0.133. The summed E-state index contributed by atoms with van der Waals surface area (Å²) in [6.45, 7) is 5.54. The molecule has 0 spiro atoms. The van der Waals surface area contributed by atoms with Crippen molar-refractivity contribution in [2.45, 2.75) is 33.1 Å². The molecule has 0 atom stereocenters. The first-order valence-corrected chi connectivity index (χ1v) is 6.72. The van der Waals surface area contributed by atoms with Crippen molar-refractivity contribution in [2.75, 3.05) is 18.4 Å². The van der Waals surface area contributed by atoms with Gasteiger partial charge in [-0.1, -0.05) is 12.1 Å². The van der Waals surface area contributed by atoms with Crippen LogP contribution in [-0.4, -0.2) is 29.8 Å². The van der Waals surface area contributed by atoms with Gasteiger partial charge in [-0.3, -0.25) is 9.59 Å². The average molecular weight is 260 g/mol. The molecule has 1 fully saturated rings. The van der Waals surface area contributed by atoms with Crippen LogP contribution < -0.4 is 5.32 Å². The second-order valence-corrected chi connectivity index (χ2v) is 5.06. The molecule has 1 saturated heterocycles. The fourth-order valence-electron chi connectivity index (χ4n) is 2.30. The minimum Gasteiger partial charge on any atom is -0.342 e. The minimum absolute atomic E-state index is 0.0621. The van der Waals surface area contributed by atoms with Gasteiger partial charge in [0.1, 0.15) is 6.42 Å². The molecule has 0 bridgehead atoms. The van der Waals surface area contributed by atoms with Crippen LogP contribution in [0.1, 0.15) is 30.4 Å². The van der Waals surface area contributed by atoms with Crippen LogP contribution >= 0.6 is 0 Å². The third kappa shape index (κ3) is 3.34. The van der Waals surface area contributed by atoms with Crippen molar-refractivity contribution in [3.05, 3.63) is 29.3 Å². The number of aryl methyl sites for hydroxylation is 1. The number of hydrogen-bond acceptors (Lipinski definition) is 2. The summed E-state index contributed by atoms with van der Waals surface area (Å²) in [5.41, 5.74) is 2.97. The Morgan fingerprint density at radius 1 is 1.21 bits per heavy atom. The fraction of sp³-hybridized carbons (Fsp3) is 0.467. The van der Waals surface area contributed by atoms with Gasteiger partial charge in [-0.05, 0) is 43.9 Å². The first-order chi connectivity index (χ1) is 9.08. The molecule has 1 heterocycles. The van der Waals surface area contributed by atoms with Crippen molar-refractivity contribution >= 4 is 17.5 Å². The number of nitrogens with zero attached hydrogens (tertiary/aromatic N) is 1. The van der Waals surface area contributed by atoms with E-state index in [1.807, 2.05) is 32.0 Å². The number of carbonyl (C=O) groups is 2. The normalized spacial score (nSPS) is 14.5. The van der Waals surface area contributed by atoms with Crippen LogP contribution in [-0.2, 0) is 9.59 Å². The van der Waals surface area contributed by atoms with Crippen molar-refractivity contribution in [1.29, 1.82) is 0 Å². The maximum atomic E-state index is 11.9. The van der Waals surface area contributed by atoms with Crippen molar-refractivity contribution in [1.82, 2.24) is 4.90 Å². The van der Waals surface area contributed by atoms with E-state index in [2.05, 4.69) is 5.32 Å². The Bertz CT molecular complexity index is 491. The summed E-state index contributed by atoms with van der Waals surface area (Å²) in [4.78, 5) is 25.5. The average Bonchev–Trinajstić information content (AvgIpc) is 2.88. The summed E-state index contributed by atoms with van der Waals surface area (Å²) >= 11 is 0. The number of anilines is 1. The molecule has 1 aliphatic rings. The Labute approximate surface area is 113 Å². The van der Waals surface area contributed by atoms with Crippen molar-refractivity contribution < 1.29 is 9.59 Å². The number of benzene rings is 1. The maximum Gasteiger partial charge on any atom is 0.233 e. The quantitative estimate of drug-likeness (QED) is 0.847. The van der Waals surface area contributed by atoms with Crippen LogP contribution in [0.2, 0.25) is 0 Å². The van der Waals surface area contributed by atoms with Crippen molar-refractivity contribution in [3.63, 3.8) is 0 Å². The topological polar surface area (TPSA) is 49.4 Å². The molecule has 0 radical (unpaired) electrons. The van der Waals surface area contributed by atoms with Crippen LogP contribution in [0.4, 0.5) is 5.69 Å². The molecule has 1 aromatic carbocycles. The highest BCUT2D eigenvalue weighted by atomic mass is 16.2. The number of nitrogens with one attached hydrogen (secondary N) is 1. The summed E-state index contributed by atoms with van der Waals surface area (Å²) in [5.74, 6) is -0.300. The highest BCUT2D eigenvalue weighted by Gasteiger charge is 2.20. The zero-order chi connectivity index (χ0) is 13.8. The van der Waals surface area contributed by atoms with Crippen molar-refractivity contribution in [3.8, 4) is 0 Å². The largest absolute Gasteiger partial charge is 0.342 e. The molecule has 0 saturated carbocycles. The summed E-state index contributed by atoms with van der Waals surface area (Å²) < 4.78 is 0. The second kappa shape index (κ2) is 5.87. The molecule has 19 heavy (non-hydrogen) atoms. The number of rotatable bonds is 3. The smallest absolute Gasteiger partial charge is 0.233 e. The summed E-state index contributed by atoms with van der Waals surface area (Å²) in [5, 5.41) is 2.82. The van der Waals surface area contributed by atoms with Gasteiger partial charge in [0.25, 0.3) is 0 Å². The molecule has 102 valence electrons. The zero-order valence-electron chi connectivity index (χ0n) is 11.5.